The highest BCUT2D eigenvalue weighted by Crippen LogP contribution is 2.22. The summed E-state index contributed by atoms with van der Waals surface area (Å²) in [4.78, 5) is 11.9. The number of carbonyl (C=O) groups excluding carboxylic acids is 1. The highest BCUT2D eigenvalue weighted by molar-refractivity contribution is 5.89. The summed E-state index contributed by atoms with van der Waals surface area (Å²) in [6.07, 6.45) is 0.745. The molecule has 0 saturated carbocycles. The first-order valence-electron chi connectivity index (χ1n) is 9.98. The smallest absolute Gasteiger partial charge is 0.338 e. The van der Waals surface area contributed by atoms with Gasteiger partial charge in [0.2, 0.25) is 0 Å². The van der Waals surface area contributed by atoms with E-state index < -0.39 is 6.10 Å². The third kappa shape index (κ3) is 6.85. The first-order chi connectivity index (χ1) is 13.8. The number of phenols is 1. The molecule has 0 aliphatic rings. The van der Waals surface area contributed by atoms with Crippen LogP contribution in [0.15, 0.2) is 42.5 Å². The van der Waals surface area contributed by atoms with Gasteiger partial charge in [-0.3, -0.25) is 0 Å². The van der Waals surface area contributed by atoms with Gasteiger partial charge in [-0.1, -0.05) is 25.1 Å². The van der Waals surface area contributed by atoms with Crippen molar-refractivity contribution in [1.29, 1.82) is 0 Å². The summed E-state index contributed by atoms with van der Waals surface area (Å²) < 4.78 is 5.20. The van der Waals surface area contributed by atoms with E-state index in [2.05, 4.69) is 12.2 Å². The molecule has 6 nitrogen and oxygen atoms in total. The zero-order valence-electron chi connectivity index (χ0n) is 17.3. The lowest BCUT2D eigenvalue weighted by atomic mass is 10.0. The van der Waals surface area contributed by atoms with Crippen LogP contribution in [0.1, 0.15) is 60.3 Å². The summed E-state index contributed by atoms with van der Waals surface area (Å²) in [7, 11) is 0. The van der Waals surface area contributed by atoms with E-state index in [1.807, 2.05) is 26.0 Å². The van der Waals surface area contributed by atoms with Crippen LogP contribution in [0.4, 0.5) is 0 Å². The van der Waals surface area contributed by atoms with Gasteiger partial charge in [0, 0.05) is 18.2 Å². The summed E-state index contributed by atoms with van der Waals surface area (Å²) in [5, 5.41) is 32.7. The van der Waals surface area contributed by atoms with Crippen molar-refractivity contribution < 1.29 is 24.9 Å². The highest BCUT2D eigenvalue weighted by Gasteiger charge is 2.14. The van der Waals surface area contributed by atoms with Gasteiger partial charge in [-0.25, -0.2) is 4.79 Å². The fraction of sp³-hybridized carbons (Fsp3) is 0.435. The van der Waals surface area contributed by atoms with Crippen LogP contribution < -0.4 is 5.32 Å². The Morgan fingerprint density at radius 2 is 1.83 bits per heavy atom. The van der Waals surface area contributed by atoms with Crippen molar-refractivity contribution in [3.63, 3.8) is 0 Å². The van der Waals surface area contributed by atoms with Gasteiger partial charge in [-0.15, -0.1) is 0 Å². The molecule has 0 aromatic heterocycles. The SMILES string of the molecule is CCC(Cc1ccc(C(=O)OC(C)C)cc1)NCC(O)c1ccc(O)c(CO)c1. The molecule has 0 radical (unpaired) electrons. The third-order valence-electron chi connectivity index (χ3n) is 4.77. The molecule has 0 aliphatic heterocycles. The summed E-state index contributed by atoms with van der Waals surface area (Å²) in [6, 6.07) is 12.3. The predicted octanol–water partition coefficient (Wildman–Crippen LogP) is 3.09. The van der Waals surface area contributed by atoms with Gasteiger partial charge in [0.1, 0.15) is 5.75 Å². The Labute approximate surface area is 172 Å². The Bertz CT molecular complexity index is 788. The molecule has 2 aromatic rings. The minimum Gasteiger partial charge on any atom is -0.508 e. The molecule has 2 aromatic carbocycles. The quantitative estimate of drug-likeness (QED) is 0.457. The molecule has 2 unspecified atom stereocenters. The van der Waals surface area contributed by atoms with Crippen molar-refractivity contribution in [2.45, 2.75) is 58.5 Å². The molecule has 29 heavy (non-hydrogen) atoms. The number of ether oxygens (including phenoxy) is 1. The largest absolute Gasteiger partial charge is 0.508 e. The third-order valence-corrected chi connectivity index (χ3v) is 4.77. The van der Waals surface area contributed by atoms with E-state index in [0.717, 1.165) is 18.4 Å². The van der Waals surface area contributed by atoms with Crippen molar-refractivity contribution >= 4 is 5.97 Å². The van der Waals surface area contributed by atoms with Gasteiger partial charge in [-0.05, 0) is 62.1 Å². The fourth-order valence-electron chi connectivity index (χ4n) is 3.04. The fourth-order valence-corrected chi connectivity index (χ4v) is 3.04. The van der Waals surface area contributed by atoms with Crippen molar-refractivity contribution in [3.05, 3.63) is 64.7 Å². The maximum Gasteiger partial charge on any atom is 0.338 e. The lowest BCUT2D eigenvalue weighted by molar-refractivity contribution is 0.0378. The van der Waals surface area contributed by atoms with Crippen LogP contribution in [0.25, 0.3) is 0 Å². The Hall–Kier alpha value is -2.41. The number of carbonyl (C=O) groups is 1. The van der Waals surface area contributed by atoms with E-state index in [-0.39, 0.29) is 30.5 Å². The van der Waals surface area contributed by atoms with Crippen molar-refractivity contribution in [2.75, 3.05) is 6.54 Å². The van der Waals surface area contributed by atoms with Gasteiger partial charge >= 0.3 is 5.97 Å². The number of aromatic hydroxyl groups is 1. The van der Waals surface area contributed by atoms with Gasteiger partial charge in [0.25, 0.3) is 0 Å². The maximum absolute atomic E-state index is 11.9. The second-order valence-electron chi connectivity index (χ2n) is 7.43. The Kier molecular flexibility index (Phi) is 8.64. The van der Waals surface area contributed by atoms with Gasteiger partial charge in [-0.2, -0.15) is 0 Å². The monoisotopic (exact) mass is 401 g/mol. The van der Waals surface area contributed by atoms with Gasteiger partial charge < -0.3 is 25.4 Å². The van der Waals surface area contributed by atoms with Gasteiger partial charge in [0.15, 0.2) is 0 Å². The Morgan fingerprint density at radius 3 is 2.41 bits per heavy atom. The molecule has 0 saturated heterocycles. The molecule has 2 atom stereocenters. The van der Waals surface area contributed by atoms with Gasteiger partial charge in [0.05, 0.1) is 24.4 Å². The number of aliphatic hydroxyl groups is 2. The summed E-state index contributed by atoms with van der Waals surface area (Å²) in [5.74, 6) is -0.306. The number of hydrogen-bond acceptors (Lipinski definition) is 6. The summed E-state index contributed by atoms with van der Waals surface area (Å²) in [5.41, 5.74) is 2.66. The molecule has 6 heteroatoms. The maximum atomic E-state index is 11.9. The Morgan fingerprint density at radius 1 is 1.14 bits per heavy atom. The topological polar surface area (TPSA) is 99.0 Å². The van der Waals surface area contributed by atoms with E-state index in [9.17, 15) is 20.1 Å². The summed E-state index contributed by atoms with van der Waals surface area (Å²) in [6.45, 7) is 5.79. The zero-order valence-corrected chi connectivity index (χ0v) is 17.3. The molecule has 158 valence electrons. The highest BCUT2D eigenvalue weighted by atomic mass is 16.5. The molecule has 0 fully saturated rings. The average molecular weight is 402 g/mol. The van der Waals surface area contributed by atoms with E-state index in [0.29, 0.717) is 23.2 Å². The van der Waals surface area contributed by atoms with Crippen LogP contribution in [0.5, 0.6) is 5.75 Å². The van der Waals surface area contributed by atoms with Crippen LogP contribution in [0.2, 0.25) is 0 Å². The van der Waals surface area contributed by atoms with E-state index in [1.54, 1.807) is 24.3 Å². The van der Waals surface area contributed by atoms with E-state index in [4.69, 9.17) is 4.74 Å². The number of esters is 1. The van der Waals surface area contributed by atoms with Crippen LogP contribution in [-0.4, -0.2) is 40.0 Å². The molecule has 0 heterocycles. The molecular formula is C23H31NO5. The van der Waals surface area contributed by atoms with Crippen molar-refractivity contribution in [1.82, 2.24) is 5.32 Å². The van der Waals surface area contributed by atoms with Crippen LogP contribution >= 0.6 is 0 Å². The minimum absolute atomic E-state index is 0.0172. The first-order valence-corrected chi connectivity index (χ1v) is 9.98. The molecule has 4 N–H and O–H groups in total. The lowest BCUT2D eigenvalue weighted by Crippen LogP contribution is -2.34. The van der Waals surface area contributed by atoms with Crippen molar-refractivity contribution in [2.24, 2.45) is 0 Å². The molecule has 0 spiro atoms. The second-order valence-corrected chi connectivity index (χ2v) is 7.43. The van der Waals surface area contributed by atoms with E-state index in [1.165, 1.54) is 6.07 Å². The normalized spacial score (nSPS) is 13.3. The second kappa shape index (κ2) is 11.0. The molecule has 0 aliphatic carbocycles. The number of aliphatic hydroxyl groups excluding tert-OH is 2. The lowest BCUT2D eigenvalue weighted by Gasteiger charge is -2.20. The van der Waals surface area contributed by atoms with E-state index >= 15 is 0 Å². The van der Waals surface area contributed by atoms with Crippen molar-refractivity contribution in [3.8, 4) is 5.75 Å². The molecular weight excluding hydrogens is 370 g/mol. The van der Waals surface area contributed by atoms with Crippen LogP contribution in [0, 0.1) is 0 Å². The standard InChI is InChI=1S/C23H31NO5/c1-4-20(11-16-5-7-17(8-6-16)23(28)29-15(2)3)24-13-22(27)18-9-10-21(26)19(12-18)14-25/h5-10,12,15,20,22,24-27H,4,11,13-14H2,1-3H3. The molecule has 0 bridgehead atoms. The number of rotatable bonds is 10. The number of nitrogens with one attached hydrogen (secondary N) is 1. The molecule has 0 amide bonds. The first kappa shape index (κ1) is 22.9. The average Bonchev–Trinajstić information content (AvgIpc) is 2.71. The Balaban J connectivity index is 1.92. The minimum atomic E-state index is -0.747. The van der Waals surface area contributed by atoms with Crippen LogP contribution in [0.3, 0.4) is 0 Å². The molecule has 2 rings (SSSR count). The van der Waals surface area contributed by atoms with Crippen LogP contribution in [-0.2, 0) is 17.8 Å². The summed E-state index contributed by atoms with van der Waals surface area (Å²) >= 11 is 0. The predicted molar refractivity (Wildman–Crippen MR) is 112 cm³/mol. The zero-order chi connectivity index (χ0) is 21.4. The number of benzene rings is 2. The number of hydrogen-bond donors (Lipinski definition) is 4.